The molecule has 1 unspecified atom stereocenters. The minimum absolute atomic E-state index is 0.126. The smallest absolute Gasteiger partial charge is 0.311 e. The number of aliphatic carboxylic acids is 1. The summed E-state index contributed by atoms with van der Waals surface area (Å²) in [4.78, 5) is 25.6. The number of nitrogens with zero attached hydrogens (tertiary/aromatic N) is 1. The quantitative estimate of drug-likeness (QED) is 0.931. The third kappa shape index (κ3) is 2.77. The molecule has 0 bridgehead atoms. The molecule has 0 aromatic heterocycles. The molecule has 1 saturated heterocycles. The maximum Gasteiger partial charge on any atom is 0.311 e. The van der Waals surface area contributed by atoms with Gasteiger partial charge in [-0.3, -0.25) is 9.59 Å². The largest absolute Gasteiger partial charge is 0.481 e. The number of hydrogen-bond donors (Lipinski definition) is 1. The summed E-state index contributed by atoms with van der Waals surface area (Å²) >= 11 is 0. The Bertz CT molecular complexity index is 567. The number of carboxylic acid groups (broad SMARTS) is 1. The fourth-order valence-corrected chi connectivity index (χ4v) is 2.69. The lowest BCUT2D eigenvalue weighted by atomic mass is 9.83. The molecule has 1 aliphatic rings. The van der Waals surface area contributed by atoms with Gasteiger partial charge in [0.25, 0.3) is 0 Å². The van der Waals surface area contributed by atoms with Gasteiger partial charge in [-0.05, 0) is 44.9 Å². The molecule has 21 heavy (non-hydrogen) atoms. The normalized spacial score (nSPS) is 22.4. The Morgan fingerprint density at radius 1 is 1.29 bits per heavy atom. The van der Waals surface area contributed by atoms with Gasteiger partial charge in [-0.1, -0.05) is 12.1 Å². The highest BCUT2D eigenvalue weighted by Crippen LogP contribution is 2.34. The van der Waals surface area contributed by atoms with Gasteiger partial charge in [0.05, 0.1) is 10.8 Å². The second kappa shape index (κ2) is 5.13. The molecular formula is C16H20FNO3. The molecule has 0 spiro atoms. The predicted molar refractivity (Wildman–Crippen MR) is 76.4 cm³/mol. The van der Waals surface area contributed by atoms with E-state index in [9.17, 15) is 19.1 Å². The van der Waals surface area contributed by atoms with Crippen molar-refractivity contribution in [3.63, 3.8) is 0 Å². The van der Waals surface area contributed by atoms with E-state index in [4.69, 9.17) is 0 Å². The molecule has 5 heteroatoms. The van der Waals surface area contributed by atoms with Crippen LogP contribution in [0.15, 0.2) is 24.3 Å². The van der Waals surface area contributed by atoms with Crippen LogP contribution in [0.3, 0.4) is 0 Å². The zero-order chi connectivity index (χ0) is 15.8. The first-order valence-electron chi connectivity index (χ1n) is 6.96. The van der Waals surface area contributed by atoms with Gasteiger partial charge in [-0.25, -0.2) is 4.39 Å². The first-order chi connectivity index (χ1) is 9.67. The van der Waals surface area contributed by atoms with Gasteiger partial charge >= 0.3 is 5.97 Å². The number of carbonyl (C=O) groups is 2. The van der Waals surface area contributed by atoms with Gasteiger partial charge in [0.2, 0.25) is 5.91 Å². The number of halogens is 1. The number of amides is 1. The zero-order valence-corrected chi connectivity index (χ0v) is 12.5. The number of carbonyl (C=O) groups excluding carboxylic acids is 1. The third-order valence-electron chi connectivity index (χ3n) is 4.38. The maximum atomic E-state index is 13.0. The molecule has 0 saturated carbocycles. The molecule has 1 heterocycles. The predicted octanol–water partition coefficient (Wildman–Crippen LogP) is 2.43. The standard InChI is InChI=1S/C16H20FNO3/c1-15(2,11-4-6-12(17)7-5-11)13(19)18-9-8-16(3,10-18)14(20)21/h4-7H,8-10H2,1-3H3,(H,20,21). The van der Waals surface area contributed by atoms with Gasteiger partial charge in [-0.15, -0.1) is 0 Å². The van der Waals surface area contributed by atoms with E-state index in [0.717, 1.165) is 5.56 Å². The first kappa shape index (κ1) is 15.5. The number of rotatable bonds is 3. The summed E-state index contributed by atoms with van der Waals surface area (Å²) in [6.45, 7) is 5.86. The van der Waals surface area contributed by atoms with Crippen molar-refractivity contribution in [2.24, 2.45) is 5.41 Å². The molecule has 1 aliphatic heterocycles. The summed E-state index contributed by atoms with van der Waals surface area (Å²) in [6.07, 6.45) is 0.452. The summed E-state index contributed by atoms with van der Waals surface area (Å²) in [7, 11) is 0. The van der Waals surface area contributed by atoms with Crippen LogP contribution in [0.4, 0.5) is 4.39 Å². The van der Waals surface area contributed by atoms with E-state index in [1.807, 2.05) is 0 Å². The van der Waals surface area contributed by atoms with E-state index in [-0.39, 0.29) is 18.3 Å². The van der Waals surface area contributed by atoms with Crippen LogP contribution in [0.5, 0.6) is 0 Å². The summed E-state index contributed by atoms with van der Waals surface area (Å²) in [6, 6.07) is 5.85. The van der Waals surface area contributed by atoms with Crippen LogP contribution in [0, 0.1) is 11.2 Å². The Morgan fingerprint density at radius 3 is 2.33 bits per heavy atom. The maximum absolute atomic E-state index is 13.0. The van der Waals surface area contributed by atoms with E-state index in [0.29, 0.717) is 13.0 Å². The molecule has 1 fully saturated rings. The fraction of sp³-hybridized carbons (Fsp3) is 0.500. The second-order valence-corrected chi connectivity index (χ2v) is 6.47. The Hall–Kier alpha value is -1.91. The minimum Gasteiger partial charge on any atom is -0.481 e. The molecule has 1 aromatic rings. The molecule has 1 atom stereocenters. The number of carboxylic acids is 1. The highest BCUT2D eigenvalue weighted by Gasteiger charge is 2.45. The highest BCUT2D eigenvalue weighted by atomic mass is 19.1. The number of likely N-dealkylation sites (tertiary alicyclic amines) is 1. The minimum atomic E-state index is -0.880. The highest BCUT2D eigenvalue weighted by molar-refractivity contribution is 5.88. The molecule has 0 aliphatic carbocycles. The van der Waals surface area contributed by atoms with Crippen molar-refractivity contribution in [1.29, 1.82) is 0 Å². The van der Waals surface area contributed by atoms with Crippen LogP contribution in [-0.4, -0.2) is 35.0 Å². The van der Waals surface area contributed by atoms with Gasteiger partial charge in [0, 0.05) is 13.1 Å². The van der Waals surface area contributed by atoms with Crippen molar-refractivity contribution in [2.45, 2.75) is 32.6 Å². The first-order valence-corrected chi connectivity index (χ1v) is 6.96. The lowest BCUT2D eigenvalue weighted by Crippen LogP contribution is -2.44. The van der Waals surface area contributed by atoms with Crippen molar-refractivity contribution >= 4 is 11.9 Å². The van der Waals surface area contributed by atoms with Crippen molar-refractivity contribution in [2.75, 3.05) is 13.1 Å². The monoisotopic (exact) mass is 293 g/mol. The van der Waals surface area contributed by atoms with Crippen LogP contribution in [0.2, 0.25) is 0 Å². The van der Waals surface area contributed by atoms with E-state index in [1.54, 1.807) is 37.8 Å². The molecule has 1 N–H and O–H groups in total. The average molecular weight is 293 g/mol. The van der Waals surface area contributed by atoms with E-state index >= 15 is 0 Å². The molecular weight excluding hydrogens is 273 g/mol. The zero-order valence-electron chi connectivity index (χ0n) is 12.5. The molecule has 114 valence electrons. The Balaban J connectivity index is 2.20. The van der Waals surface area contributed by atoms with Gasteiger partial charge in [0.15, 0.2) is 0 Å². The SMILES string of the molecule is CC1(C(=O)O)CCN(C(=O)C(C)(C)c2ccc(F)cc2)C1. The summed E-state index contributed by atoms with van der Waals surface area (Å²) in [5, 5.41) is 9.24. The Morgan fingerprint density at radius 2 is 1.86 bits per heavy atom. The lowest BCUT2D eigenvalue weighted by Gasteiger charge is -2.30. The van der Waals surface area contributed by atoms with Gasteiger partial charge < -0.3 is 10.0 Å². The van der Waals surface area contributed by atoms with E-state index in [2.05, 4.69) is 0 Å². The number of hydrogen-bond acceptors (Lipinski definition) is 2. The van der Waals surface area contributed by atoms with Gasteiger partial charge in [0.1, 0.15) is 5.82 Å². The van der Waals surface area contributed by atoms with Crippen molar-refractivity contribution in [3.8, 4) is 0 Å². The number of benzene rings is 1. The van der Waals surface area contributed by atoms with E-state index in [1.165, 1.54) is 12.1 Å². The molecule has 1 aromatic carbocycles. The van der Waals surface area contributed by atoms with Crippen LogP contribution < -0.4 is 0 Å². The molecule has 1 amide bonds. The van der Waals surface area contributed by atoms with E-state index < -0.39 is 16.8 Å². The lowest BCUT2D eigenvalue weighted by molar-refractivity contribution is -0.147. The van der Waals surface area contributed by atoms with Crippen molar-refractivity contribution < 1.29 is 19.1 Å². The molecule has 2 rings (SSSR count). The van der Waals surface area contributed by atoms with Crippen molar-refractivity contribution in [3.05, 3.63) is 35.6 Å². The second-order valence-electron chi connectivity index (χ2n) is 6.47. The fourth-order valence-electron chi connectivity index (χ4n) is 2.69. The van der Waals surface area contributed by atoms with Crippen LogP contribution >= 0.6 is 0 Å². The van der Waals surface area contributed by atoms with Gasteiger partial charge in [-0.2, -0.15) is 0 Å². The topological polar surface area (TPSA) is 57.6 Å². The molecule has 0 radical (unpaired) electrons. The molecule has 4 nitrogen and oxygen atoms in total. The van der Waals surface area contributed by atoms with Crippen LogP contribution in [-0.2, 0) is 15.0 Å². The van der Waals surface area contributed by atoms with Crippen molar-refractivity contribution in [1.82, 2.24) is 4.90 Å². The van der Waals surface area contributed by atoms with Crippen LogP contribution in [0.1, 0.15) is 32.8 Å². The summed E-state index contributed by atoms with van der Waals surface area (Å²) < 4.78 is 13.0. The Labute approximate surface area is 123 Å². The average Bonchev–Trinajstić information content (AvgIpc) is 2.82. The summed E-state index contributed by atoms with van der Waals surface area (Å²) in [5.41, 5.74) is -0.968. The summed E-state index contributed by atoms with van der Waals surface area (Å²) in [5.74, 6) is -1.35. The Kier molecular flexibility index (Phi) is 3.78. The third-order valence-corrected chi connectivity index (χ3v) is 4.38. The van der Waals surface area contributed by atoms with Crippen LogP contribution in [0.25, 0.3) is 0 Å².